The fraction of sp³-hybridized carbons (Fsp3) is 0.250. The van der Waals surface area contributed by atoms with Crippen LogP contribution in [0.1, 0.15) is 22.8 Å². The van der Waals surface area contributed by atoms with Crippen LogP contribution in [-0.2, 0) is 16.1 Å². The molecule has 1 aromatic rings. The van der Waals surface area contributed by atoms with Crippen molar-refractivity contribution in [1.82, 2.24) is 5.32 Å². The number of nitrogens with two attached hydrogens (primary N) is 1. The number of primary amides is 1. The van der Waals surface area contributed by atoms with E-state index in [4.69, 9.17) is 15.6 Å². The van der Waals surface area contributed by atoms with E-state index in [2.05, 4.69) is 0 Å². The Hall–Kier alpha value is -2.41. The Balaban J connectivity index is 2.63. The van der Waals surface area contributed by atoms with E-state index in [1.807, 2.05) is 5.32 Å². The van der Waals surface area contributed by atoms with Crippen molar-refractivity contribution in [3.05, 3.63) is 35.4 Å². The van der Waals surface area contributed by atoms with Crippen molar-refractivity contribution in [2.24, 2.45) is 5.73 Å². The molecule has 102 valence electrons. The third-order valence-electron chi connectivity index (χ3n) is 2.27. The second kappa shape index (κ2) is 6.50. The van der Waals surface area contributed by atoms with Crippen molar-refractivity contribution < 1.29 is 24.2 Å². The first kappa shape index (κ1) is 14.7. The van der Waals surface area contributed by atoms with Gasteiger partial charge in [-0.2, -0.15) is 0 Å². The molecule has 19 heavy (non-hydrogen) atoms. The van der Waals surface area contributed by atoms with Crippen LogP contribution in [0.5, 0.6) is 0 Å². The van der Waals surface area contributed by atoms with Gasteiger partial charge >= 0.3 is 12.0 Å². The molecule has 0 bridgehead atoms. The molecular formula is C12H14N2O5. The third kappa shape index (κ3) is 4.40. The van der Waals surface area contributed by atoms with E-state index in [0.717, 1.165) is 0 Å². The number of aliphatic hydroxyl groups is 1. The molecule has 1 aromatic carbocycles. The normalized spacial score (nSPS) is 11.5. The lowest BCUT2D eigenvalue weighted by atomic mass is 10.1. The van der Waals surface area contributed by atoms with Crippen LogP contribution in [0.2, 0.25) is 0 Å². The van der Waals surface area contributed by atoms with Crippen molar-refractivity contribution in [2.75, 3.05) is 0 Å². The van der Waals surface area contributed by atoms with Crippen molar-refractivity contribution in [2.45, 2.75) is 19.6 Å². The van der Waals surface area contributed by atoms with Gasteiger partial charge in [0.15, 0.2) is 6.10 Å². The highest BCUT2D eigenvalue weighted by atomic mass is 16.5. The Morgan fingerprint density at radius 3 is 2.37 bits per heavy atom. The number of hydrogen-bond acceptors (Lipinski definition) is 5. The van der Waals surface area contributed by atoms with E-state index >= 15 is 0 Å². The van der Waals surface area contributed by atoms with Crippen LogP contribution in [0.3, 0.4) is 0 Å². The van der Waals surface area contributed by atoms with E-state index in [0.29, 0.717) is 5.56 Å². The summed E-state index contributed by atoms with van der Waals surface area (Å²) in [6.07, 6.45) is -1.14. The highest BCUT2D eigenvalue weighted by Crippen LogP contribution is 2.07. The van der Waals surface area contributed by atoms with Gasteiger partial charge in [-0.3, -0.25) is 10.1 Å². The first-order valence-electron chi connectivity index (χ1n) is 5.45. The summed E-state index contributed by atoms with van der Waals surface area (Å²) in [5, 5.41) is 10.7. The summed E-state index contributed by atoms with van der Waals surface area (Å²) in [5.74, 6) is -1.51. The minimum Gasteiger partial charge on any atom is -0.449 e. The number of esters is 1. The topological polar surface area (TPSA) is 119 Å². The number of aliphatic hydroxyl groups excluding tert-OH is 1. The molecule has 1 rings (SSSR count). The maximum absolute atomic E-state index is 11.7. The highest BCUT2D eigenvalue weighted by molar-refractivity contribution is 5.98. The molecule has 7 nitrogen and oxygen atoms in total. The summed E-state index contributed by atoms with van der Waals surface area (Å²) >= 11 is 0. The fourth-order valence-electron chi connectivity index (χ4n) is 1.25. The van der Waals surface area contributed by atoms with E-state index in [9.17, 15) is 14.4 Å². The number of nitrogens with one attached hydrogen (secondary N) is 1. The number of ether oxygens (including phenoxy) is 1. The number of imide groups is 1. The largest absolute Gasteiger partial charge is 0.449 e. The smallest absolute Gasteiger partial charge is 0.338 e. The molecule has 3 amide bonds. The van der Waals surface area contributed by atoms with Gasteiger partial charge in [-0.15, -0.1) is 0 Å². The van der Waals surface area contributed by atoms with Crippen LogP contribution in [-0.4, -0.2) is 29.1 Å². The van der Waals surface area contributed by atoms with E-state index < -0.39 is 24.0 Å². The van der Waals surface area contributed by atoms with Crippen molar-refractivity contribution in [3.63, 3.8) is 0 Å². The number of rotatable bonds is 4. The van der Waals surface area contributed by atoms with Crippen molar-refractivity contribution >= 4 is 17.9 Å². The van der Waals surface area contributed by atoms with Gasteiger partial charge in [-0.05, 0) is 24.6 Å². The zero-order chi connectivity index (χ0) is 14.4. The minimum absolute atomic E-state index is 0.132. The van der Waals surface area contributed by atoms with Crippen molar-refractivity contribution in [3.8, 4) is 0 Å². The average molecular weight is 266 g/mol. The number of benzene rings is 1. The number of urea groups is 1. The molecular weight excluding hydrogens is 252 g/mol. The molecule has 0 aliphatic carbocycles. The lowest BCUT2D eigenvalue weighted by Gasteiger charge is -2.12. The molecule has 0 aromatic heterocycles. The van der Waals surface area contributed by atoms with Gasteiger partial charge in [-0.25, -0.2) is 9.59 Å². The first-order chi connectivity index (χ1) is 8.93. The molecule has 1 atom stereocenters. The SMILES string of the molecule is C[C@@H](OC(=O)c1ccc(CO)cc1)C(=O)NC(N)=O. The van der Waals surface area contributed by atoms with E-state index in [1.54, 1.807) is 12.1 Å². The standard InChI is InChI=1S/C12H14N2O5/c1-7(10(16)14-12(13)18)19-11(17)9-4-2-8(6-15)3-5-9/h2-5,7,15H,6H2,1H3,(H3,13,14,16,18)/t7-/m1/s1. The molecule has 0 saturated carbocycles. The van der Waals surface area contributed by atoms with Crippen LogP contribution in [0, 0.1) is 0 Å². The summed E-state index contributed by atoms with van der Waals surface area (Å²) in [6.45, 7) is 1.19. The number of amides is 3. The fourth-order valence-corrected chi connectivity index (χ4v) is 1.25. The third-order valence-corrected chi connectivity index (χ3v) is 2.27. The van der Waals surface area contributed by atoms with Gasteiger partial charge < -0.3 is 15.6 Å². The minimum atomic E-state index is -1.14. The van der Waals surface area contributed by atoms with E-state index in [1.165, 1.54) is 19.1 Å². The molecule has 0 aliphatic rings. The summed E-state index contributed by atoms with van der Waals surface area (Å²) in [6, 6.07) is 5.04. The van der Waals surface area contributed by atoms with Gasteiger partial charge in [-0.1, -0.05) is 12.1 Å². The molecule has 0 heterocycles. The predicted octanol–water partition coefficient (Wildman–Crippen LogP) is -0.0809. The molecule has 0 saturated heterocycles. The van der Waals surface area contributed by atoms with Crippen LogP contribution in [0.4, 0.5) is 4.79 Å². The summed E-state index contributed by atoms with van der Waals surface area (Å²) in [7, 11) is 0. The molecule has 0 fully saturated rings. The molecule has 0 spiro atoms. The van der Waals surface area contributed by atoms with Crippen LogP contribution in [0.15, 0.2) is 24.3 Å². The molecule has 0 radical (unpaired) electrons. The number of hydrogen-bond donors (Lipinski definition) is 3. The van der Waals surface area contributed by atoms with Crippen LogP contribution < -0.4 is 11.1 Å². The Morgan fingerprint density at radius 2 is 1.89 bits per heavy atom. The number of carbonyl (C=O) groups is 3. The first-order valence-corrected chi connectivity index (χ1v) is 5.45. The Morgan fingerprint density at radius 1 is 1.32 bits per heavy atom. The van der Waals surface area contributed by atoms with Gasteiger partial charge in [0.2, 0.25) is 0 Å². The number of carbonyl (C=O) groups excluding carboxylic acids is 3. The Bertz CT molecular complexity index is 483. The van der Waals surface area contributed by atoms with Gasteiger partial charge in [0.05, 0.1) is 12.2 Å². The summed E-state index contributed by atoms with van der Waals surface area (Å²) < 4.78 is 4.85. The maximum atomic E-state index is 11.7. The highest BCUT2D eigenvalue weighted by Gasteiger charge is 2.19. The Labute approximate surface area is 109 Å². The predicted molar refractivity (Wildman–Crippen MR) is 65.0 cm³/mol. The Kier molecular flexibility index (Phi) is 5.01. The van der Waals surface area contributed by atoms with Crippen molar-refractivity contribution in [1.29, 1.82) is 0 Å². The second-order valence-electron chi connectivity index (χ2n) is 3.76. The molecule has 0 aliphatic heterocycles. The average Bonchev–Trinajstić information content (AvgIpc) is 2.37. The summed E-state index contributed by atoms with van der Waals surface area (Å²) in [4.78, 5) is 33.4. The molecule has 7 heteroatoms. The van der Waals surface area contributed by atoms with Gasteiger partial charge in [0.25, 0.3) is 5.91 Å². The van der Waals surface area contributed by atoms with Crippen LogP contribution in [0.25, 0.3) is 0 Å². The zero-order valence-corrected chi connectivity index (χ0v) is 10.3. The van der Waals surface area contributed by atoms with E-state index in [-0.39, 0.29) is 12.2 Å². The molecule has 4 N–H and O–H groups in total. The maximum Gasteiger partial charge on any atom is 0.338 e. The molecule has 0 unspecified atom stereocenters. The lowest BCUT2D eigenvalue weighted by Crippen LogP contribution is -2.42. The monoisotopic (exact) mass is 266 g/mol. The van der Waals surface area contributed by atoms with Crippen LogP contribution >= 0.6 is 0 Å². The quantitative estimate of drug-likeness (QED) is 0.658. The van der Waals surface area contributed by atoms with Gasteiger partial charge in [0, 0.05) is 0 Å². The zero-order valence-electron chi connectivity index (χ0n) is 10.3. The lowest BCUT2D eigenvalue weighted by molar-refractivity contribution is -0.127. The second-order valence-corrected chi connectivity index (χ2v) is 3.76. The summed E-state index contributed by atoms with van der Waals surface area (Å²) in [5.41, 5.74) is 5.65. The van der Waals surface area contributed by atoms with Gasteiger partial charge in [0.1, 0.15) is 0 Å².